The van der Waals surface area contributed by atoms with Gasteiger partial charge in [0, 0.05) is 17.5 Å². The van der Waals surface area contributed by atoms with Crippen molar-refractivity contribution in [1.82, 2.24) is 10.5 Å². The molecule has 0 bridgehead atoms. The van der Waals surface area contributed by atoms with E-state index in [9.17, 15) is 4.79 Å². The van der Waals surface area contributed by atoms with E-state index >= 15 is 0 Å². The number of rotatable bonds is 9. The Bertz CT molecular complexity index is 243. The molecule has 0 saturated heterocycles. The Morgan fingerprint density at radius 2 is 1.76 bits per heavy atom. The average Bonchev–Trinajstić information content (AvgIpc) is 2.32. The van der Waals surface area contributed by atoms with Crippen LogP contribution < -0.4 is 0 Å². The summed E-state index contributed by atoms with van der Waals surface area (Å²) in [5.74, 6) is -0.399. The fourth-order valence-electron chi connectivity index (χ4n) is 0.984. The van der Waals surface area contributed by atoms with Crippen molar-refractivity contribution >= 4 is 5.97 Å². The molecule has 0 atom stereocenters. The lowest BCUT2D eigenvalue weighted by Gasteiger charge is -2.27. The van der Waals surface area contributed by atoms with Crippen LogP contribution >= 0.6 is 0 Å². The lowest BCUT2D eigenvalue weighted by molar-refractivity contribution is -0.514. The number of carbonyl (C=O) groups is 1. The summed E-state index contributed by atoms with van der Waals surface area (Å²) in [5, 5.41) is 2.41. The molecule has 0 aromatic heterocycles. The van der Waals surface area contributed by atoms with Crippen LogP contribution in [0, 0.1) is 0 Å². The van der Waals surface area contributed by atoms with E-state index in [1.54, 1.807) is 6.92 Å². The van der Waals surface area contributed by atoms with Crippen molar-refractivity contribution in [1.29, 1.82) is 0 Å². The van der Waals surface area contributed by atoms with Crippen LogP contribution in [0.2, 0.25) is 0 Å². The van der Waals surface area contributed by atoms with Crippen molar-refractivity contribution in [3.8, 4) is 0 Å². The molecule has 0 aromatic carbocycles. The molecule has 7 nitrogen and oxygen atoms in total. The third-order valence-electron chi connectivity index (χ3n) is 1.78. The van der Waals surface area contributed by atoms with Crippen molar-refractivity contribution in [2.24, 2.45) is 0 Å². The van der Waals surface area contributed by atoms with Gasteiger partial charge in [0.2, 0.25) is 0 Å². The largest absolute Gasteiger partial charge is 0.462 e. The van der Waals surface area contributed by atoms with E-state index in [2.05, 4.69) is 6.58 Å². The van der Waals surface area contributed by atoms with Gasteiger partial charge in [0.25, 0.3) is 0 Å². The molecule has 0 heterocycles. The lowest BCUT2D eigenvalue weighted by Crippen LogP contribution is -2.41. The smallest absolute Gasteiger partial charge is 0.333 e. The van der Waals surface area contributed by atoms with Crippen molar-refractivity contribution in [2.75, 3.05) is 34.5 Å². The van der Waals surface area contributed by atoms with Crippen LogP contribution in [0.4, 0.5) is 0 Å². The zero-order valence-electron chi connectivity index (χ0n) is 10.8. The summed E-state index contributed by atoms with van der Waals surface area (Å²) in [4.78, 5) is 25.8. The second-order valence-electron chi connectivity index (χ2n) is 3.13. The molecular weight excluding hydrogens is 228 g/mol. The van der Waals surface area contributed by atoms with Gasteiger partial charge in [0.05, 0.1) is 27.9 Å². The van der Waals surface area contributed by atoms with E-state index < -0.39 is 5.97 Å². The van der Waals surface area contributed by atoms with Gasteiger partial charge in [-0.3, -0.25) is 14.5 Å². The molecule has 100 valence electrons. The van der Waals surface area contributed by atoms with Crippen molar-refractivity contribution < 1.29 is 24.0 Å². The zero-order valence-corrected chi connectivity index (χ0v) is 10.8. The van der Waals surface area contributed by atoms with Gasteiger partial charge in [-0.1, -0.05) is 11.8 Å². The number of carbonyl (C=O) groups excluding carboxylic acids is 1. The number of nitrogens with zero attached hydrogens (tertiary/aromatic N) is 2. The highest BCUT2D eigenvalue weighted by atomic mass is 17.0. The number of esters is 1. The summed E-state index contributed by atoms with van der Waals surface area (Å²) in [5.41, 5.74) is 0.379. The fourth-order valence-corrected chi connectivity index (χ4v) is 0.984. The maximum atomic E-state index is 11.1. The maximum absolute atomic E-state index is 11.1. The van der Waals surface area contributed by atoms with Gasteiger partial charge in [0.1, 0.15) is 0 Å². The minimum atomic E-state index is -0.399. The molecule has 7 heteroatoms. The summed E-state index contributed by atoms with van der Waals surface area (Å²) in [6.45, 7) is 5.80. The zero-order chi connectivity index (χ0) is 13.3. The van der Waals surface area contributed by atoms with E-state index in [0.717, 1.165) is 5.34 Å². The van der Waals surface area contributed by atoms with Crippen LogP contribution in [0.5, 0.6) is 0 Å². The van der Waals surface area contributed by atoms with Gasteiger partial charge >= 0.3 is 5.97 Å². The van der Waals surface area contributed by atoms with Gasteiger partial charge in [-0.25, -0.2) is 4.79 Å². The molecule has 0 N–H and O–H groups in total. The van der Waals surface area contributed by atoms with E-state index in [4.69, 9.17) is 19.2 Å². The highest BCUT2D eigenvalue weighted by Crippen LogP contribution is 2.01. The summed E-state index contributed by atoms with van der Waals surface area (Å²) in [7, 11) is 4.36. The van der Waals surface area contributed by atoms with E-state index in [1.807, 2.05) is 0 Å². The first-order chi connectivity index (χ1) is 8.06. The van der Waals surface area contributed by atoms with Crippen molar-refractivity contribution in [3.63, 3.8) is 0 Å². The van der Waals surface area contributed by atoms with Gasteiger partial charge in [-0.05, 0) is 13.3 Å². The molecule has 0 fully saturated rings. The van der Waals surface area contributed by atoms with Crippen molar-refractivity contribution in [3.05, 3.63) is 12.2 Å². The Morgan fingerprint density at radius 3 is 2.18 bits per heavy atom. The highest BCUT2D eigenvalue weighted by molar-refractivity contribution is 5.86. The van der Waals surface area contributed by atoms with E-state index in [-0.39, 0.29) is 6.61 Å². The summed E-state index contributed by atoms with van der Waals surface area (Å²) in [6.07, 6.45) is 0.566. The number of hydrazine groups is 1. The molecule has 0 rings (SSSR count). The average molecular weight is 248 g/mol. The normalized spacial score (nSPS) is 10.9. The topological polar surface area (TPSA) is 60.5 Å². The summed E-state index contributed by atoms with van der Waals surface area (Å²) in [6, 6.07) is 0. The van der Waals surface area contributed by atoms with Crippen LogP contribution in [0.15, 0.2) is 12.2 Å². The predicted molar refractivity (Wildman–Crippen MR) is 60.0 cm³/mol. The summed E-state index contributed by atoms with van der Waals surface area (Å²) < 4.78 is 4.92. The molecule has 17 heavy (non-hydrogen) atoms. The molecule has 0 amide bonds. The molecule has 0 saturated carbocycles. The molecule has 0 aliphatic rings. The van der Waals surface area contributed by atoms with Gasteiger partial charge in [-0.2, -0.15) is 0 Å². The second kappa shape index (κ2) is 9.08. The number of ether oxygens (including phenoxy) is 1. The third-order valence-corrected chi connectivity index (χ3v) is 1.78. The van der Waals surface area contributed by atoms with Gasteiger partial charge < -0.3 is 4.74 Å². The minimum Gasteiger partial charge on any atom is -0.462 e. The van der Waals surface area contributed by atoms with Crippen molar-refractivity contribution in [2.45, 2.75) is 13.3 Å². The Hall–Kier alpha value is -0.990. The Morgan fingerprint density at radius 1 is 1.18 bits per heavy atom. The first-order valence-corrected chi connectivity index (χ1v) is 5.09. The standard InChI is InChI=1S/C10H20N2O5/c1-9(2)10(13)17-8-6-7-11(14-3)12(15-4)16-5/h1,6-8H2,2-5H3. The third kappa shape index (κ3) is 6.35. The minimum absolute atomic E-state index is 0.271. The number of hydroxylamine groups is 1. The second-order valence-corrected chi connectivity index (χ2v) is 3.13. The molecular formula is C10H20N2O5. The van der Waals surface area contributed by atoms with Gasteiger partial charge in [-0.15, -0.1) is 0 Å². The highest BCUT2D eigenvalue weighted by Gasteiger charge is 2.14. The molecule has 0 spiro atoms. The Balaban J connectivity index is 3.84. The number of hydrogen-bond acceptors (Lipinski definition) is 7. The Kier molecular flexibility index (Phi) is 8.55. The van der Waals surface area contributed by atoms with Crippen LogP contribution in [0.1, 0.15) is 13.3 Å². The lowest BCUT2D eigenvalue weighted by atomic mass is 10.4. The summed E-state index contributed by atoms with van der Waals surface area (Å²) >= 11 is 0. The van der Waals surface area contributed by atoms with Crippen LogP contribution in [0.25, 0.3) is 0 Å². The maximum Gasteiger partial charge on any atom is 0.333 e. The molecule has 0 radical (unpaired) electrons. The number of hydrogen-bond donors (Lipinski definition) is 0. The van der Waals surface area contributed by atoms with E-state index in [1.165, 1.54) is 26.5 Å². The first-order valence-electron chi connectivity index (χ1n) is 5.09. The quantitative estimate of drug-likeness (QED) is 0.257. The van der Waals surface area contributed by atoms with Crippen LogP contribution in [0.3, 0.4) is 0 Å². The van der Waals surface area contributed by atoms with Crippen LogP contribution in [-0.4, -0.2) is 51.0 Å². The molecule has 0 unspecified atom stereocenters. The van der Waals surface area contributed by atoms with Crippen LogP contribution in [-0.2, 0) is 24.0 Å². The first kappa shape index (κ1) is 16.0. The SMILES string of the molecule is C=C(C)C(=O)OCCCN(OC)N(OC)OC. The molecule has 0 aliphatic heterocycles. The molecule has 0 aromatic rings. The monoisotopic (exact) mass is 248 g/mol. The Labute approximate surface area is 101 Å². The molecule has 0 aliphatic carbocycles. The van der Waals surface area contributed by atoms with E-state index in [0.29, 0.717) is 18.5 Å². The predicted octanol–water partition coefficient (Wildman–Crippen LogP) is 0.699. The van der Waals surface area contributed by atoms with Gasteiger partial charge in [0.15, 0.2) is 0 Å². The fraction of sp³-hybridized carbons (Fsp3) is 0.700.